The molecule has 1 aliphatic carbocycles. The van der Waals surface area contributed by atoms with Crippen LogP contribution in [0.5, 0.6) is 0 Å². The summed E-state index contributed by atoms with van der Waals surface area (Å²) in [5.41, 5.74) is 3.36. The largest absolute Gasteiger partial charge is 0.413 e. The Balaban J connectivity index is 1.30. The van der Waals surface area contributed by atoms with Crippen LogP contribution < -0.4 is 4.90 Å². The van der Waals surface area contributed by atoms with Gasteiger partial charge in [0.15, 0.2) is 16.8 Å². The third-order valence-electron chi connectivity index (χ3n) is 8.20. The molecule has 12 heteroatoms. The molecular formula is C26H27ClF3N5O2S. The third kappa shape index (κ3) is 4.37. The van der Waals surface area contributed by atoms with Crippen molar-refractivity contribution in [2.75, 3.05) is 30.0 Å². The van der Waals surface area contributed by atoms with Crippen LogP contribution in [-0.2, 0) is 21.0 Å². The molecule has 1 spiro atoms. The Hall–Kier alpha value is -2.66. The Morgan fingerprint density at radius 1 is 1.18 bits per heavy atom. The normalized spacial score (nSPS) is 23.3. The summed E-state index contributed by atoms with van der Waals surface area (Å²) < 4.78 is 56.2. The Morgan fingerprint density at radius 3 is 2.50 bits per heavy atom. The average Bonchev–Trinajstić information content (AvgIpc) is 3.54. The molecule has 4 heterocycles. The van der Waals surface area contributed by atoms with Gasteiger partial charge in [0.2, 0.25) is 5.91 Å². The van der Waals surface area contributed by atoms with E-state index in [4.69, 9.17) is 11.6 Å². The monoisotopic (exact) mass is 565 g/mol. The van der Waals surface area contributed by atoms with Gasteiger partial charge in [0, 0.05) is 59.0 Å². The lowest BCUT2D eigenvalue weighted by molar-refractivity contribution is -0.190. The second-order valence-corrected chi connectivity index (χ2v) is 12.6. The van der Waals surface area contributed by atoms with Gasteiger partial charge in [0.1, 0.15) is 0 Å². The van der Waals surface area contributed by atoms with Crippen molar-refractivity contribution in [1.82, 2.24) is 19.5 Å². The Labute approximate surface area is 225 Å². The molecule has 0 radical (unpaired) electrons. The van der Waals surface area contributed by atoms with Crippen molar-refractivity contribution < 1.29 is 22.2 Å². The van der Waals surface area contributed by atoms with Crippen LogP contribution in [0.2, 0.25) is 5.15 Å². The summed E-state index contributed by atoms with van der Waals surface area (Å²) in [6.07, 6.45) is 0.830. The van der Waals surface area contributed by atoms with Crippen molar-refractivity contribution in [3.8, 4) is 0 Å². The van der Waals surface area contributed by atoms with Crippen LogP contribution in [0.4, 0.5) is 24.5 Å². The van der Waals surface area contributed by atoms with Crippen molar-refractivity contribution in [1.29, 1.82) is 0 Å². The number of anilines is 2. The molecule has 2 aromatic heterocycles. The molecule has 1 saturated carbocycles. The van der Waals surface area contributed by atoms with E-state index in [0.29, 0.717) is 41.7 Å². The van der Waals surface area contributed by atoms with E-state index in [2.05, 4.69) is 15.0 Å². The summed E-state index contributed by atoms with van der Waals surface area (Å²) in [6, 6.07) is 5.90. The molecule has 38 heavy (non-hydrogen) atoms. The maximum Gasteiger partial charge on any atom is 0.413 e. The third-order valence-corrected chi connectivity index (χ3v) is 9.76. The van der Waals surface area contributed by atoms with Crippen molar-refractivity contribution in [3.05, 3.63) is 52.9 Å². The number of carbonyl (C=O) groups is 1. The van der Waals surface area contributed by atoms with Gasteiger partial charge >= 0.3 is 6.18 Å². The standard InChI is InChI=1S/C26H27ClF3N5O2S/c1-33(24(36)17-6-12-38(37)13-7-17)22(26(28,29)30)16-2-4-18(5-3-16)34-11-10-25(8-9-25)23-19(34)15-31-21-14-20(27)32-35(21)23/h2-5,14-15,17,22H,6-13H2,1H3/t17?,22-,38?/m0/s1. The summed E-state index contributed by atoms with van der Waals surface area (Å²) >= 11 is 6.16. The van der Waals surface area contributed by atoms with Crippen LogP contribution in [0.25, 0.3) is 5.65 Å². The second-order valence-electron chi connectivity index (χ2n) is 10.5. The minimum absolute atomic E-state index is 0.000169. The molecule has 1 amide bonds. The van der Waals surface area contributed by atoms with E-state index in [1.165, 1.54) is 19.2 Å². The molecular weight excluding hydrogens is 539 g/mol. The van der Waals surface area contributed by atoms with Gasteiger partial charge in [-0.1, -0.05) is 23.7 Å². The van der Waals surface area contributed by atoms with Gasteiger partial charge in [-0.05, 0) is 49.8 Å². The molecule has 2 aliphatic heterocycles. The summed E-state index contributed by atoms with van der Waals surface area (Å²) in [5, 5.41) is 4.81. The number of hydrogen-bond acceptors (Lipinski definition) is 5. The zero-order chi connectivity index (χ0) is 26.8. The van der Waals surface area contributed by atoms with Gasteiger partial charge in [-0.2, -0.15) is 18.3 Å². The first kappa shape index (κ1) is 25.6. The highest BCUT2D eigenvalue weighted by molar-refractivity contribution is 7.85. The van der Waals surface area contributed by atoms with Crippen molar-refractivity contribution >= 4 is 45.3 Å². The van der Waals surface area contributed by atoms with Gasteiger partial charge in [-0.25, -0.2) is 9.50 Å². The number of alkyl halides is 3. The lowest BCUT2D eigenvalue weighted by Crippen LogP contribution is -2.44. The molecule has 1 atom stereocenters. The van der Waals surface area contributed by atoms with Crippen LogP contribution in [0.15, 0.2) is 36.5 Å². The predicted molar refractivity (Wildman–Crippen MR) is 139 cm³/mol. The number of halogens is 4. The first-order chi connectivity index (χ1) is 18.1. The molecule has 1 saturated heterocycles. The maximum absolute atomic E-state index is 14.3. The number of amides is 1. The first-order valence-corrected chi connectivity index (χ1v) is 14.5. The smallest absolute Gasteiger partial charge is 0.339 e. The van der Waals surface area contributed by atoms with E-state index in [9.17, 15) is 22.2 Å². The van der Waals surface area contributed by atoms with Gasteiger partial charge in [0.25, 0.3) is 0 Å². The fraction of sp³-hybridized carbons (Fsp3) is 0.500. The van der Waals surface area contributed by atoms with Crippen LogP contribution in [0.1, 0.15) is 49.4 Å². The van der Waals surface area contributed by atoms with E-state index in [1.54, 1.807) is 28.9 Å². The highest BCUT2D eigenvalue weighted by Crippen LogP contribution is 2.57. The zero-order valence-corrected chi connectivity index (χ0v) is 22.3. The second kappa shape index (κ2) is 9.22. The summed E-state index contributed by atoms with van der Waals surface area (Å²) in [6.45, 7) is 0.707. The van der Waals surface area contributed by atoms with Gasteiger partial charge < -0.3 is 9.80 Å². The minimum Gasteiger partial charge on any atom is -0.339 e. The highest BCUT2D eigenvalue weighted by atomic mass is 35.5. The van der Waals surface area contributed by atoms with E-state index >= 15 is 0 Å². The fourth-order valence-corrected chi connectivity index (χ4v) is 7.46. The molecule has 0 unspecified atom stereocenters. The first-order valence-electron chi connectivity index (χ1n) is 12.7. The number of hydrogen-bond donors (Lipinski definition) is 0. The number of aromatic nitrogens is 3. The van der Waals surface area contributed by atoms with Crippen molar-refractivity contribution in [2.45, 2.75) is 49.7 Å². The van der Waals surface area contributed by atoms with E-state index in [0.717, 1.165) is 41.2 Å². The molecule has 0 N–H and O–H groups in total. The molecule has 2 fully saturated rings. The molecule has 3 aromatic rings. The van der Waals surface area contributed by atoms with Gasteiger partial charge in [0.05, 0.1) is 17.6 Å². The number of nitrogens with zero attached hydrogens (tertiary/aromatic N) is 5. The summed E-state index contributed by atoms with van der Waals surface area (Å²) in [5.74, 6) is -0.400. The average molecular weight is 566 g/mol. The van der Waals surface area contributed by atoms with E-state index in [-0.39, 0.29) is 11.0 Å². The number of fused-ring (bicyclic) bond motifs is 4. The van der Waals surface area contributed by atoms with Gasteiger partial charge in [-0.3, -0.25) is 9.00 Å². The number of carbonyl (C=O) groups excluding carboxylic acids is 1. The van der Waals surface area contributed by atoms with Crippen LogP contribution in [0.3, 0.4) is 0 Å². The Bertz CT molecular complexity index is 1410. The molecule has 0 bridgehead atoms. The topological polar surface area (TPSA) is 70.8 Å². The van der Waals surface area contributed by atoms with E-state index in [1.807, 2.05) is 0 Å². The molecule has 3 aliphatic rings. The van der Waals surface area contributed by atoms with Crippen molar-refractivity contribution in [3.63, 3.8) is 0 Å². The number of rotatable bonds is 4. The SMILES string of the molecule is CN(C(=O)C1CCS(=O)CC1)[C@@H](c1ccc(N2CCC3(CC3)c3c2cnc2cc(Cl)nn32)cc1)C(F)(F)F. The molecule has 6 rings (SSSR count). The van der Waals surface area contributed by atoms with Crippen LogP contribution in [-0.4, -0.2) is 60.9 Å². The maximum atomic E-state index is 14.3. The minimum atomic E-state index is -4.64. The van der Waals surface area contributed by atoms with Gasteiger partial charge in [-0.15, -0.1) is 0 Å². The van der Waals surface area contributed by atoms with Crippen LogP contribution >= 0.6 is 11.6 Å². The molecule has 1 aromatic carbocycles. The Kier molecular flexibility index (Phi) is 6.21. The quantitative estimate of drug-likeness (QED) is 0.436. The van der Waals surface area contributed by atoms with Crippen molar-refractivity contribution in [2.24, 2.45) is 5.92 Å². The number of benzene rings is 1. The lowest BCUT2D eigenvalue weighted by Gasteiger charge is -2.36. The molecule has 7 nitrogen and oxygen atoms in total. The molecule has 202 valence electrons. The highest BCUT2D eigenvalue weighted by Gasteiger charge is 2.51. The summed E-state index contributed by atoms with van der Waals surface area (Å²) in [4.78, 5) is 20.4. The fourth-order valence-electron chi connectivity index (χ4n) is 5.99. The predicted octanol–water partition coefficient (Wildman–Crippen LogP) is 5.18. The van der Waals surface area contributed by atoms with Crippen LogP contribution in [0, 0.1) is 5.92 Å². The van der Waals surface area contributed by atoms with E-state index < -0.39 is 34.8 Å². The zero-order valence-electron chi connectivity index (χ0n) is 20.7. The Morgan fingerprint density at radius 2 is 1.87 bits per heavy atom. The summed E-state index contributed by atoms with van der Waals surface area (Å²) in [7, 11) is 0.213. The lowest BCUT2D eigenvalue weighted by atomic mass is 9.91.